The third kappa shape index (κ3) is 3.79. The largest absolute Gasteiger partial charge is 0.444 e. The Balaban J connectivity index is 1.58. The van der Waals surface area contributed by atoms with Gasteiger partial charge in [0.2, 0.25) is 5.82 Å². The molecule has 0 aromatic carbocycles. The van der Waals surface area contributed by atoms with Crippen LogP contribution >= 0.6 is 0 Å². The number of H-pyrrole nitrogens is 1. The van der Waals surface area contributed by atoms with E-state index in [4.69, 9.17) is 4.74 Å². The van der Waals surface area contributed by atoms with Crippen molar-refractivity contribution in [3.05, 3.63) is 18.3 Å². The van der Waals surface area contributed by atoms with Crippen molar-refractivity contribution in [2.45, 2.75) is 26.4 Å². The normalized spacial score (nSPS) is 15.5. The fraction of sp³-hybridized carbons (Fsp3) is 0.533. The van der Waals surface area contributed by atoms with E-state index in [1.54, 1.807) is 11.1 Å². The van der Waals surface area contributed by atoms with Gasteiger partial charge in [0.25, 0.3) is 0 Å². The lowest BCUT2D eigenvalue weighted by Gasteiger charge is -2.36. The molecule has 1 aliphatic rings. The van der Waals surface area contributed by atoms with E-state index >= 15 is 0 Å². The molecule has 128 valence electrons. The molecular weight excluding hydrogens is 310 g/mol. The van der Waals surface area contributed by atoms with Crippen LogP contribution in [-0.2, 0) is 4.74 Å². The second kappa shape index (κ2) is 6.42. The molecule has 3 heterocycles. The highest BCUT2D eigenvalue weighted by molar-refractivity contribution is 5.68. The van der Waals surface area contributed by atoms with Crippen LogP contribution in [-0.4, -0.2) is 68.4 Å². The number of anilines is 1. The lowest BCUT2D eigenvalue weighted by Crippen LogP contribution is -2.50. The molecule has 1 saturated heterocycles. The fourth-order valence-electron chi connectivity index (χ4n) is 2.43. The molecule has 0 unspecified atom stereocenters. The van der Waals surface area contributed by atoms with E-state index in [1.165, 1.54) is 0 Å². The van der Waals surface area contributed by atoms with E-state index in [0.29, 0.717) is 32.0 Å². The number of piperazine rings is 1. The first-order valence-electron chi connectivity index (χ1n) is 7.85. The molecule has 0 bridgehead atoms. The number of tetrazole rings is 1. The Morgan fingerprint density at radius 1 is 1.21 bits per heavy atom. The zero-order valence-corrected chi connectivity index (χ0v) is 14.1. The second-order valence-corrected chi connectivity index (χ2v) is 6.59. The Bertz CT molecular complexity index is 671. The quantitative estimate of drug-likeness (QED) is 0.885. The highest BCUT2D eigenvalue weighted by Gasteiger charge is 2.26. The minimum Gasteiger partial charge on any atom is -0.444 e. The molecule has 3 rings (SSSR count). The summed E-state index contributed by atoms with van der Waals surface area (Å²) in [5.74, 6) is 1.38. The Morgan fingerprint density at radius 3 is 2.50 bits per heavy atom. The van der Waals surface area contributed by atoms with Gasteiger partial charge in [-0.05, 0) is 38.1 Å². The molecule has 0 aliphatic carbocycles. The van der Waals surface area contributed by atoms with E-state index in [9.17, 15) is 4.79 Å². The summed E-state index contributed by atoms with van der Waals surface area (Å²) < 4.78 is 5.41. The SMILES string of the molecule is CC(C)(C)OC(=O)N1CCN(c2ccc(-c3nn[nH]n3)cn2)CC1. The maximum atomic E-state index is 12.1. The summed E-state index contributed by atoms with van der Waals surface area (Å²) in [6, 6.07) is 3.84. The van der Waals surface area contributed by atoms with E-state index in [2.05, 4.69) is 30.5 Å². The van der Waals surface area contributed by atoms with Gasteiger partial charge in [0, 0.05) is 37.9 Å². The monoisotopic (exact) mass is 331 g/mol. The second-order valence-electron chi connectivity index (χ2n) is 6.59. The van der Waals surface area contributed by atoms with Crippen LogP contribution in [0.2, 0.25) is 0 Å². The van der Waals surface area contributed by atoms with E-state index in [0.717, 1.165) is 11.4 Å². The molecule has 24 heavy (non-hydrogen) atoms. The third-order valence-corrected chi connectivity index (χ3v) is 3.61. The lowest BCUT2D eigenvalue weighted by atomic mass is 10.2. The average molecular weight is 331 g/mol. The maximum Gasteiger partial charge on any atom is 0.410 e. The van der Waals surface area contributed by atoms with Gasteiger partial charge < -0.3 is 14.5 Å². The number of carbonyl (C=O) groups excluding carboxylic acids is 1. The van der Waals surface area contributed by atoms with Crippen LogP contribution < -0.4 is 4.90 Å². The predicted molar refractivity (Wildman–Crippen MR) is 87.4 cm³/mol. The van der Waals surface area contributed by atoms with Gasteiger partial charge in [-0.3, -0.25) is 0 Å². The number of pyridine rings is 1. The van der Waals surface area contributed by atoms with Gasteiger partial charge in [-0.25, -0.2) is 9.78 Å². The molecule has 2 aromatic heterocycles. The summed E-state index contributed by atoms with van der Waals surface area (Å²) in [4.78, 5) is 20.4. The van der Waals surface area contributed by atoms with Crippen molar-refractivity contribution in [3.63, 3.8) is 0 Å². The number of aromatic amines is 1. The topological polar surface area (TPSA) is 100 Å². The van der Waals surface area contributed by atoms with Crippen molar-refractivity contribution in [1.82, 2.24) is 30.5 Å². The number of amides is 1. The van der Waals surface area contributed by atoms with Crippen molar-refractivity contribution in [3.8, 4) is 11.4 Å². The van der Waals surface area contributed by atoms with Gasteiger partial charge in [0.15, 0.2) is 0 Å². The highest BCUT2D eigenvalue weighted by atomic mass is 16.6. The molecule has 0 saturated carbocycles. The number of hydrogen-bond donors (Lipinski definition) is 1. The third-order valence-electron chi connectivity index (χ3n) is 3.61. The highest BCUT2D eigenvalue weighted by Crippen LogP contribution is 2.19. The van der Waals surface area contributed by atoms with Gasteiger partial charge in [-0.2, -0.15) is 5.21 Å². The van der Waals surface area contributed by atoms with Crippen LogP contribution in [0, 0.1) is 0 Å². The predicted octanol–water partition coefficient (Wildman–Crippen LogP) is 1.32. The first-order chi connectivity index (χ1) is 11.4. The molecule has 0 atom stereocenters. The summed E-state index contributed by atoms with van der Waals surface area (Å²) in [6.07, 6.45) is 1.46. The maximum absolute atomic E-state index is 12.1. The van der Waals surface area contributed by atoms with Gasteiger partial charge >= 0.3 is 6.09 Å². The van der Waals surface area contributed by atoms with Crippen molar-refractivity contribution in [2.75, 3.05) is 31.1 Å². The Morgan fingerprint density at radius 2 is 1.96 bits per heavy atom. The smallest absolute Gasteiger partial charge is 0.410 e. The summed E-state index contributed by atoms with van der Waals surface area (Å²) in [7, 11) is 0. The molecule has 0 spiro atoms. The van der Waals surface area contributed by atoms with Crippen molar-refractivity contribution in [2.24, 2.45) is 0 Å². The van der Waals surface area contributed by atoms with E-state index in [1.807, 2.05) is 32.9 Å². The lowest BCUT2D eigenvalue weighted by molar-refractivity contribution is 0.0240. The molecule has 1 amide bonds. The van der Waals surface area contributed by atoms with E-state index < -0.39 is 5.60 Å². The number of aromatic nitrogens is 5. The molecule has 9 nitrogen and oxygen atoms in total. The Labute approximate surface area is 140 Å². The van der Waals surface area contributed by atoms with Gasteiger partial charge in [-0.15, -0.1) is 10.2 Å². The minimum atomic E-state index is -0.471. The van der Waals surface area contributed by atoms with Crippen LogP contribution in [0.1, 0.15) is 20.8 Å². The standard InChI is InChI=1S/C15H21N7O2/c1-15(2,3)24-14(23)22-8-6-21(7-9-22)12-5-4-11(10-16-12)13-17-19-20-18-13/h4-5,10H,6-9H2,1-3H3,(H,17,18,19,20). The molecule has 1 fully saturated rings. The van der Waals surface area contributed by atoms with Crippen LogP contribution in [0.3, 0.4) is 0 Å². The minimum absolute atomic E-state index is 0.262. The van der Waals surface area contributed by atoms with E-state index in [-0.39, 0.29) is 6.09 Å². The summed E-state index contributed by atoms with van der Waals surface area (Å²) in [5, 5.41) is 13.8. The zero-order valence-electron chi connectivity index (χ0n) is 14.1. The summed E-state index contributed by atoms with van der Waals surface area (Å²) >= 11 is 0. The number of rotatable bonds is 2. The molecule has 9 heteroatoms. The van der Waals surface area contributed by atoms with Gasteiger partial charge in [0.05, 0.1) is 0 Å². The molecule has 1 aliphatic heterocycles. The first-order valence-corrected chi connectivity index (χ1v) is 7.85. The molecule has 1 N–H and O–H groups in total. The number of nitrogens with zero attached hydrogens (tertiary/aromatic N) is 6. The van der Waals surface area contributed by atoms with Gasteiger partial charge in [-0.1, -0.05) is 0 Å². The summed E-state index contributed by atoms with van der Waals surface area (Å²) in [6.45, 7) is 8.27. The molecule has 2 aromatic rings. The number of nitrogens with one attached hydrogen (secondary N) is 1. The fourth-order valence-corrected chi connectivity index (χ4v) is 2.43. The van der Waals surface area contributed by atoms with Crippen LogP contribution in [0.15, 0.2) is 18.3 Å². The summed E-state index contributed by atoms with van der Waals surface area (Å²) in [5.41, 5.74) is 0.334. The average Bonchev–Trinajstić information content (AvgIpc) is 3.08. The van der Waals surface area contributed by atoms with Crippen LogP contribution in [0.5, 0.6) is 0 Å². The Kier molecular flexibility index (Phi) is 4.32. The van der Waals surface area contributed by atoms with Crippen molar-refractivity contribution < 1.29 is 9.53 Å². The van der Waals surface area contributed by atoms with Gasteiger partial charge in [0.1, 0.15) is 11.4 Å². The van der Waals surface area contributed by atoms with Crippen molar-refractivity contribution in [1.29, 1.82) is 0 Å². The number of ether oxygens (including phenoxy) is 1. The van der Waals surface area contributed by atoms with Crippen LogP contribution in [0.25, 0.3) is 11.4 Å². The molecular formula is C15H21N7O2. The number of hydrogen-bond acceptors (Lipinski definition) is 7. The number of carbonyl (C=O) groups is 1. The molecule has 0 radical (unpaired) electrons. The zero-order chi connectivity index (χ0) is 17.2. The first kappa shape index (κ1) is 16.2. The Hall–Kier alpha value is -2.71. The van der Waals surface area contributed by atoms with Crippen molar-refractivity contribution >= 4 is 11.9 Å². The van der Waals surface area contributed by atoms with Crippen LogP contribution in [0.4, 0.5) is 10.6 Å².